The van der Waals surface area contributed by atoms with Gasteiger partial charge in [0.15, 0.2) is 0 Å². The number of amides is 1. The number of β-amino-alcohol motifs (C(OH)–C–C–N with tert-alkyl or cyclic N) is 1. The summed E-state index contributed by atoms with van der Waals surface area (Å²) in [5.41, 5.74) is 5.11. The molecule has 1 fully saturated rings. The number of aliphatic hydroxyl groups excluding tert-OH is 1. The molecule has 0 saturated carbocycles. The maximum absolute atomic E-state index is 13.1. The Labute approximate surface area is 147 Å². The first-order valence-corrected chi connectivity index (χ1v) is 9.00. The molecule has 1 amide bonds. The fraction of sp³-hybridized carbons (Fsp3) is 0.688. The lowest BCUT2D eigenvalue weighted by molar-refractivity contribution is -0.134. The van der Waals surface area contributed by atoms with Crippen LogP contribution in [0.1, 0.15) is 35.1 Å². The maximum Gasteiger partial charge on any atom is 0.425 e. The van der Waals surface area contributed by atoms with E-state index < -0.39 is 28.7 Å². The Morgan fingerprint density at radius 1 is 1.60 bits per heavy atom. The van der Waals surface area contributed by atoms with E-state index in [1.165, 1.54) is 6.07 Å². The standard InChI is InChI=1S/C16H21F3N2O3S/c1-9-7-15(3-4-21(9)8-11(22)14(20)23)13-10(2-5-24-15)6-12(25-13)16(17,18)19/h6,9,11,22H,2-5,7-8H2,1H3,(H2,20,23)/t9-,11?,15+/m0/s1. The van der Waals surface area contributed by atoms with Crippen LogP contribution in [0.2, 0.25) is 0 Å². The molecular weight excluding hydrogens is 357 g/mol. The molecule has 2 aliphatic heterocycles. The van der Waals surface area contributed by atoms with Crippen molar-refractivity contribution in [3.05, 3.63) is 21.4 Å². The zero-order valence-electron chi connectivity index (χ0n) is 13.8. The zero-order chi connectivity index (χ0) is 18.4. The molecule has 0 radical (unpaired) electrons. The smallest absolute Gasteiger partial charge is 0.382 e. The van der Waals surface area contributed by atoms with Crippen molar-refractivity contribution in [2.24, 2.45) is 5.73 Å². The van der Waals surface area contributed by atoms with Crippen molar-refractivity contribution in [1.29, 1.82) is 0 Å². The average Bonchev–Trinajstić information content (AvgIpc) is 2.96. The molecule has 1 spiro atoms. The number of fused-ring (bicyclic) bond motifs is 2. The molecule has 140 valence electrons. The second kappa shape index (κ2) is 6.53. The van der Waals surface area contributed by atoms with Gasteiger partial charge in [0.1, 0.15) is 16.6 Å². The number of ether oxygens (including phenoxy) is 1. The Morgan fingerprint density at radius 3 is 2.92 bits per heavy atom. The number of carbonyl (C=O) groups excluding carboxylic acids is 1. The van der Waals surface area contributed by atoms with Crippen molar-refractivity contribution in [3.63, 3.8) is 0 Å². The number of thiophene rings is 1. The monoisotopic (exact) mass is 378 g/mol. The van der Waals surface area contributed by atoms with Crippen LogP contribution in [0.4, 0.5) is 13.2 Å². The summed E-state index contributed by atoms with van der Waals surface area (Å²) >= 11 is 0.778. The lowest BCUT2D eigenvalue weighted by Gasteiger charge is -2.47. The van der Waals surface area contributed by atoms with Crippen molar-refractivity contribution in [3.8, 4) is 0 Å². The van der Waals surface area contributed by atoms with E-state index in [4.69, 9.17) is 10.5 Å². The van der Waals surface area contributed by atoms with Gasteiger partial charge in [-0.3, -0.25) is 9.69 Å². The minimum absolute atomic E-state index is 0.0508. The molecule has 3 atom stereocenters. The average molecular weight is 378 g/mol. The number of nitrogens with zero attached hydrogens (tertiary/aromatic N) is 1. The summed E-state index contributed by atoms with van der Waals surface area (Å²) in [6.45, 7) is 2.96. The molecule has 1 aromatic rings. The number of aliphatic hydroxyl groups is 1. The highest BCUT2D eigenvalue weighted by atomic mass is 32.1. The number of carbonyl (C=O) groups is 1. The van der Waals surface area contributed by atoms with Gasteiger partial charge in [-0.2, -0.15) is 13.2 Å². The Hall–Kier alpha value is -1.16. The number of halogens is 3. The third kappa shape index (κ3) is 3.55. The molecule has 9 heteroatoms. The highest BCUT2D eigenvalue weighted by Gasteiger charge is 2.47. The molecule has 2 aliphatic rings. The van der Waals surface area contributed by atoms with Gasteiger partial charge in [0, 0.05) is 24.0 Å². The quantitative estimate of drug-likeness (QED) is 0.842. The molecule has 3 rings (SSSR count). The number of nitrogens with two attached hydrogens (primary N) is 1. The first-order chi connectivity index (χ1) is 11.6. The number of likely N-dealkylation sites (tertiary alicyclic amines) is 1. The van der Waals surface area contributed by atoms with Crippen LogP contribution in [-0.2, 0) is 27.7 Å². The van der Waals surface area contributed by atoms with Crippen LogP contribution in [0.15, 0.2) is 6.07 Å². The third-order valence-corrected chi connectivity index (χ3v) is 6.45. The highest BCUT2D eigenvalue weighted by molar-refractivity contribution is 7.12. The highest BCUT2D eigenvalue weighted by Crippen LogP contribution is 2.49. The number of hydrogen-bond acceptors (Lipinski definition) is 5. The summed E-state index contributed by atoms with van der Waals surface area (Å²) in [5, 5.41) is 9.68. The predicted octanol–water partition coefficient (Wildman–Crippen LogP) is 1.87. The van der Waals surface area contributed by atoms with Crippen molar-refractivity contribution in [2.45, 2.75) is 50.1 Å². The zero-order valence-corrected chi connectivity index (χ0v) is 14.6. The fourth-order valence-corrected chi connectivity index (χ4v) is 4.99. The SMILES string of the molecule is C[C@H]1C[C@@]2(CCN1CC(O)C(N)=O)OCCc1cc(C(F)(F)F)sc12. The normalized spacial score (nSPS) is 28.8. The van der Waals surface area contributed by atoms with Gasteiger partial charge < -0.3 is 15.6 Å². The van der Waals surface area contributed by atoms with Crippen LogP contribution in [-0.4, -0.2) is 47.8 Å². The Morgan fingerprint density at radius 2 is 2.32 bits per heavy atom. The maximum atomic E-state index is 13.1. The lowest BCUT2D eigenvalue weighted by Crippen LogP contribution is -2.53. The van der Waals surface area contributed by atoms with E-state index in [1.54, 1.807) is 0 Å². The second-order valence-electron chi connectivity index (χ2n) is 6.77. The molecule has 25 heavy (non-hydrogen) atoms. The van der Waals surface area contributed by atoms with Crippen molar-refractivity contribution in [1.82, 2.24) is 4.90 Å². The molecule has 1 unspecified atom stereocenters. The number of alkyl halides is 3. The van der Waals surface area contributed by atoms with Gasteiger partial charge in [-0.25, -0.2) is 0 Å². The van der Waals surface area contributed by atoms with E-state index in [9.17, 15) is 23.1 Å². The topological polar surface area (TPSA) is 75.8 Å². The molecule has 1 saturated heterocycles. The minimum atomic E-state index is -4.35. The van der Waals surface area contributed by atoms with Crippen LogP contribution in [0.5, 0.6) is 0 Å². The van der Waals surface area contributed by atoms with Gasteiger partial charge in [0.05, 0.1) is 6.61 Å². The van der Waals surface area contributed by atoms with Gasteiger partial charge in [-0.15, -0.1) is 11.3 Å². The van der Waals surface area contributed by atoms with Crippen molar-refractivity contribution in [2.75, 3.05) is 19.7 Å². The molecule has 0 aromatic carbocycles. The van der Waals surface area contributed by atoms with Gasteiger partial charge in [-0.1, -0.05) is 0 Å². The summed E-state index contributed by atoms with van der Waals surface area (Å²) in [4.78, 5) is 13.1. The molecular formula is C16H21F3N2O3S. The van der Waals surface area contributed by atoms with E-state index in [2.05, 4.69) is 0 Å². The number of hydrogen-bond donors (Lipinski definition) is 2. The lowest BCUT2D eigenvalue weighted by atomic mass is 9.82. The van der Waals surface area contributed by atoms with E-state index in [1.807, 2.05) is 11.8 Å². The summed E-state index contributed by atoms with van der Waals surface area (Å²) in [6, 6.07) is 1.20. The Balaban J connectivity index is 1.81. The third-order valence-electron chi connectivity index (χ3n) is 5.04. The van der Waals surface area contributed by atoms with Gasteiger partial charge in [0.2, 0.25) is 5.91 Å². The summed E-state index contributed by atoms with van der Waals surface area (Å²) < 4.78 is 45.2. The summed E-state index contributed by atoms with van der Waals surface area (Å²) in [6.07, 6.45) is -4.07. The molecule has 5 nitrogen and oxygen atoms in total. The predicted molar refractivity (Wildman–Crippen MR) is 86.1 cm³/mol. The van der Waals surface area contributed by atoms with Gasteiger partial charge >= 0.3 is 6.18 Å². The first kappa shape index (κ1) is 18.6. The van der Waals surface area contributed by atoms with E-state index in [-0.39, 0.29) is 12.6 Å². The number of primary amides is 1. The first-order valence-electron chi connectivity index (χ1n) is 8.18. The fourth-order valence-electron chi connectivity index (χ4n) is 3.74. The van der Waals surface area contributed by atoms with Crippen LogP contribution in [0.3, 0.4) is 0 Å². The van der Waals surface area contributed by atoms with Crippen molar-refractivity contribution < 1.29 is 27.8 Å². The molecule has 3 N–H and O–H groups in total. The number of rotatable bonds is 3. The van der Waals surface area contributed by atoms with Crippen LogP contribution in [0, 0.1) is 0 Å². The molecule has 3 heterocycles. The van der Waals surface area contributed by atoms with Crippen molar-refractivity contribution >= 4 is 17.2 Å². The molecule has 1 aromatic heterocycles. The van der Waals surface area contributed by atoms with E-state index >= 15 is 0 Å². The van der Waals surface area contributed by atoms with Crippen LogP contribution in [0.25, 0.3) is 0 Å². The second-order valence-corrected chi connectivity index (χ2v) is 7.82. The summed E-state index contributed by atoms with van der Waals surface area (Å²) in [5.74, 6) is -0.781. The van der Waals surface area contributed by atoms with Gasteiger partial charge in [-0.05, 0) is 37.8 Å². The summed E-state index contributed by atoms with van der Waals surface area (Å²) in [7, 11) is 0. The van der Waals surface area contributed by atoms with Gasteiger partial charge in [0.25, 0.3) is 0 Å². The Bertz CT molecular complexity index is 664. The Kier molecular flexibility index (Phi) is 4.87. The van der Waals surface area contributed by atoms with E-state index in [0.29, 0.717) is 37.3 Å². The largest absolute Gasteiger partial charge is 0.425 e. The van der Waals surface area contributed by atoms with Crippen LogP contribution >= 0.6 is 11.3 Å². The minimum Gasteiger partial charge on any atom is -0.382 e. The van der Waals surface area contributed by atoms with Crippen LogP contribution < -0.4 is 5.73 Å². The molecule has 0 bridgehead atoms. The molecule has 0 aliphatic carbocycles. The number of piperidine rings is 1. The van der Waals surface area contributed by atoms with E-state index in [0.717, 1.165) is 16.9 Å².